The normalized spacial score (nSPS) is 40.9. The van der Waals surface area contributed by atoms with E-state index in [0.717, 1.165) is 24.4 Å². The Morgan fingerprint density at radius 3 is 2.12 bits per heavy atom. The summed E-state index contributed by atoms with van der Waals surface area (Å²) in [4.78, 5) is 0. The van der Waals surface area contributed by atoms with E-state index in [2.05, 4.69) is 13.8 Å². The van der Waals surface area contributed by atoms with Crippen LogP contribution in [0.4, 0.5) is 0 Å². The monoisotopic (exact) mass is 224 g/mol. The Hall–Kier alpha value is -0.0400. The van der Waals surface area contributed by atoms with Crippen molar-refractivity contribution in [3.8, 4) is 0 Å². The van der Waals surface area contributed by atoms with Gasteiger partial charge in [-0.3, -0.25) is 0 Å². The molecule has 94 valence electrons. The Morgan fingerprint density at radius 1 is 0.812 bits per heavy atom. The van der Waals surface area contributed by atoms with E-state index in [1.807, 2.05) is 0 Å². The van der Waals surface area contributed by atoms with Gasteiger partial charge in [0.2, 0.25) is 0 Å². The van der Waals surface area contributed by atoms with E-state index in [9.17, 15) is 0 Å². The molecule has 0 bridgehead atoms. The molecule has 2 aliphatic rings. The Balaban J connectivity index is 1.60. The molecule has 0 aromatic heterocycles. The quantitative estimate of drug-likeness (QED) is 0.690. The molecule has 0 radical (unpaired) electrons. The van der Waals surface area contributed by atoms with Crippen LogP contribution in [0.1, 0.15) is 65.2 Å². The number of rotatable bonds is 3. The van der Waals surface area contributed by atoms with E-state index >= 15 is 0 Å². The first kappa shape index (κ1) is 12.4. The molecule has 2 atom stereocenters. The molecule has 0 aromatic carbocycles. The second-order valence-electron chi connectivity index (χ2n) is 6.34. The summed E-state index contributed by atoms with van der Waals surface area (Å²) < 4.78 is 5.90. The lowest BCUT2D eigenvalue weighted by molar-refractivity contribution is -0.0188. The molecule has 1 aliphatic carbocycles. The summed E-state index contributed by atoms with van der Waals surface area (Å²) in [5.41, 5.74) is 0. The van der Waals surface area contributed by atoms with Gasteiger partial charge >= 0.3 is 0 Å². The molecule has 2 rings (SSSR count). The van der Waals surface area contributed by atoms with Crippen molar-refractivity contribution < 1.29 is 4.74 Å². The Morgan fingerprint density at radius 2 is 1.50 bits per heavy atom. The van der Waals surface area contributed by atoms with Gasteiger partial charge in [-0.15, -0.1) is 0 Å². The Labute approximate surface area is 101 Å². The zero-order valence-corrected chi connectivity index (χ0v) is 11.1. The summed E-state index contributed by atoms with van der Waals surface area (Å²) in [6.45, 7) is 5.72. The van der Waals surface area contributed by atoms with Gasteiger partial charge in [-0.2, -0.15) is 0 Å². The average Bonchev–Trinajstić information content (AvgIpc) is 2.30. The standard InChI is InChI=1S/C15H28O/c1-12-3-6-14(7-4-12)8-10-15-9-5-13(2)11-16-15/h12-15H,3-11H2,1-2H3. The lowest BCUT2D eigenvalue weighted by Crippen LogP contribution is -2.25. The predicted molar refractivity (Wildman–Crippen MR) is 68.5 cm³/mol. The number of hydrogen-bond donors (Lipinski definition) is 0. The highest BCUT2D eigenvalue weighted by atomic mass is 16.5. The van der Waals surface area contributed by atoms with Crippen LogP contribution >= 0.6 is 0 Å². The minimum absolute atomic E-state index is 0.593. The van der Waals surface area contributed by atoms with Crippen molar-refractivity contribution >= 4 is 0 Å². The molecule has 0 amide bonds. The van der Waals surface area contributed by atoms with E-state index in [1.165, 1.54) is 51.4 Å². The average molecular weight is 224 g/mol. The van der Waals surface area contributed by atoms with E-state index in [1.54, 1.807) is 0 Å². The van der Waals surface area contributed by atoms with Gasteiger partial charge in [-0.05, 0) is 43.4 Å². The molecule has 1 saturated heterocycles. The van der Waals surface area contributed by atoms with Gasteiger partial charge in [0.05, 0.1) is 6.10 Å². The third kappa shape index (κ3) is 3.76. The number of hydrogen-bond acceptors (Lipinski definition) is 1. The first-order valence-electron chi connectivity index (χ1n) is 7.35. The highest BCUT2D eigenvalue weighted by Gasteiger charge is 2.22. The van der Waals surface area contributed by atoms with Crippen molar-refractivity contribution in [2.45, 2.75) is 71.3 Å². The summed E-state index contributed by atoms with van der Waals surface area (Å²) in [7, 11) is 0. The van der Waals surface area contributed by atoms with Gasteiger partial charge in [0.15, 0.2) is 0 Å². The Kier molecular flexibility index (Phi) is 4.69. The first-order valence-corrected chi connectivity index (χ1v) is 7.35. The van der Waals surface area contributed by atoms with Crippen LogP contribution in [0.15, 0.2) is 0 Å². The molecule has 1 saturated carbocycles. The van der Waals surface area contributed by atoms with Crippen molar-refractivity contribution in [2.24, 2.45) is 17.8 Å². The van der Waals surface area contributed by atoms with Gasteiger partial charge in [0.25, 0.3) is 0 Å². The third-order valence-electron chi connectivity index (χ3n) is 4.63. The predicted octanol–water partition coefficient (Wildman–Crippen LogP) is 4.41. The molecule has 16 heavy (non-hydrogen) atoms. The van der Waals surface area contributed by atoms with Crippen LogP contribution in [0.25, 0.3) is 0 Å². The maximum Gasteiger partial charge on any atom is 0.0575 e. The van der Waals surface area contributed by atoms with Crippen molar-refractivity contribution in [2.75, 3.05) is 6.61 Å². The molecular formula is C15H28O. The van der Waals surface area contributed by atoms with Crippen LogP contribution in [-0.4, -0.2) is 12.7 Å². The summed E-state index contributed by atoms with van der Waals surface area (Å²) in [5, 5.41) is 0. The van der Waals surface area contributed by atoms with E-state index < -0.39 is 0 Å². The van der Waals surface area contributed by atoms with Crippen LogP contribution in [0.3, 0.4) is 0 Å². The highest BCUT2D eigenvalue weighted by molar-refractivity contribution is 4.73. The zero-order valence-electron chi connectivity index (χ0n) is 11.1. The van der Waals surface area contributed by atoms with E-state index in [-0.39, 0.29) is 0 Å². The van der Waals surface area contributed by atoms with Crippen LogP contribution in [0, 0.1) is 17.8 Å². The maximum atomic E-state index is 5.90. The van der Waals surface area contributed by atoms with Crippen LogP contribution in [-0.2, 0) is 4.74 Å². The van der Waals surface area contributed by atoms with Crippen LogP contribution < -0.4 is 0 Å². The topological polar surface area (TPSA) is 9.23 Å². The second kappa shape index (κ2) is 6.05. The van der Waals surface area contributed by atoms with Gasteiger partial charge in [0, 0.05) is 6.61 Å². The van der Waals surface area contributed by atoms with Crippen LogP contribution in [0.2, 0.25) is 0 Å². The number of ether oxygens (including phenoxy) is 1. The molecule has 0 N–H and O–H groups in total. The van der Waals surface area contributed by atoms with Crippen molar-refractivity contribution in [1.82, 2.24) is 0 Å². The van der Waals surface area contributed by atoms with Gasteiger partial charge in [-0.1, -0.05) is 39.5 Å². The smallest absolute Gasteiger partial charge is 0.0575 e. The zero-order chi connectivity index (χ0) is 11.4. The van der Waals surface area contributed by atoms with E-state index in [4.69, 9.17) is 4.74 Å². The van der Waals surface area contributed by atoms with Gasteiger partial charge in [-0.25, -0.2) is 0 Å². The SMILES string of the molecule is CC1CCC(CCC2CCC(C)CO2)CC1. The molecule has 1 nitrogen and oxygen atoms in total. The van der Waals surface area contributed by atoms with Gasteiger partial charge < -0.3 is 4.74 Å². The molecule has 0 aromatic rings. The van der Waals surface area contributed by atoms with Crippen molar-refractivity contribution in [3.63, 3.8) is 0 Å². The second-order valence-corrected chi connectivity index (χ2v) is 6.34. The summed E-state index contributed by atoms with van der Waals surface area (Å²) in [6.07, 6.45) is 11.9. The fraction of sp³-hybridized carbons (Fsp3) is 1.00. The molecule has 1 aliphatic heterocycles. The summed E-state index contributed by atoms with van der Waals surface area (Å²) in [6, 6.07) is 0. The lowest BCUT2D eigenvalue weighted by atomic mass is 9.80. The molecule has 0 spiro atoms. The molecule has 2 fully saturated rings. The Bertz CT molecular complexity index is 164. The fourth-order valence-electron chi connectivity index (χ4n) is 3.20. The molecule has 2 unspecified atom stereocenters. The van der Waals surface area contributed by atoms with E-state index in [0.29, 0.717) is 6.10 Å². The third-order valence-corrected chi connectivity index (χ3v) is 4.63. The van der Waals surface area contributed by atoms with Crippen molar-refractivity contribution in [3.05, 3.63) is 0 Å². The van der Waals surface area contributed by atoms with Crippen LogP contribution in [0.5, 0.6) is 0 Å². The maximum absolute atomic E-state index is 5.90. The van der Waals surface area contributed by atoms with Gasteiger partial charge in [0.1, 0.15) is 0 Å². The summed E-state index contributed by atoms with van der Waals surface area (Å²) >= 11 is 0. The fourth-order valence-corrected chi connectivity index (χ4v) is 3.20. The minimum atomic E-state index is 0.593. The highest BCUT2D eigenvalue weighted by Crippen LogP contribution is 2.32. The minimum Gasteiger partial charge on any atom is -0.378 e. The summed E-state index contributed by atoms with van der Waals surface area (Å²) in [5.74, 6) is 2.80. The van der Waals surface area contributed by atoms with Crippen molar-refractivity contribution in [1.29, 1.82) is 0 Å². The largest absolute Gasteiger partial charge is 0.378 e. The molecular weight excluding hydrogens is 196 g/mol. The molecule has 1 heterocycles. The lowest BCUT2D eigenvalue weighted by Gasteiger charge is -2.30. The molecule has 1 heteroatoms. The first-order chi connectivity index (χ1) is 7.74.